The predicted octanol–water partition coefficient (Wildman–Crippen LogP) is 5.20. The minimum Gasteiger partial charge on any atom is -0.444 e. The van der Waals surface area contributed by atoms with Crippen LogP contribution in [-0.2, 0) is 20.9 Å². The van der Waals surface area contributed by atoms with Gasteiger partial charge in [0.2, 0.25) is 11.8 Å². The summed E-state index contributed by atoms with van der Waals surface area (Å²) < 4.78 is 5.42. The third-order valence-electron chi connectivity index (χ3n) is 6.15. The van der Waals surface area contributed by atoms with E-state index in [4.69, 9.17) is 11.2 Å². The molecule has 3 amide bonds. The van der Waals surface area contributed by atoms with Gasteiger partial charge in [-0.15, -0.1) is 6.42 Å². The number of carbonyl (C=O) groups excluding carboxylic acids is 3. The molecule has 3 atom stereocenters. The zero-order valence-corrected chi connectivity index (χ0v) is 23.6. The molecule has 0 aliphatic heterocycles. The molecule has 7 nitrogen and oxygen atoms in total. The lowest BCUT2D eigenvalue weighted by atomic mass is 9.96. The monoisotopic (exact) mass is 519 g/mol. The maximum absolute atomic E-state index is 14.1. The lowest BCUT2D eigenvalue weighted by molar-refractivity contribution is -0.146. The van der Waals surface area contributed by atoms with Crippen LogP contribution in [-0.4, -0.2) is 40.5 Å². The second kappa shape index (κ2) is 13.7. The summed E-state index contributed by atoms with van der Waals surface area (Å²) in [4.78, 5) is 42.1. The number of amides is 3. The molecule has 0 aromatic heterocycles. The average Bonchev–Trinajstić information content (AvgIpc) is 2.87. The molecular weight excluding hydrogens is 478 g/mol. The summed E-state index contributed by atoms with van der Waals surface area (Å²) in [7, 11) is 0. The van der Waals surface area contributed by atoms with Crippen LogP contribution in [0.3, 0.4) is 0 Å². The minimum atomic E-state index is -0.935. The van der Waals surface area contributed by atoms with Gasteiger partial charge in [-0.05, 0) is 63.3 Å². The number of nitrogens with zero attached hydrogens (tertiary/aromatic N) is 1. The molecule has 0 aliphatic rings. The number of nitrogens with one attached hydrogen (secondary N) is 2. The summed E-state index contributed by atoms with van der Waals surface area (Å²) in [6, 6.07) is 14.5. The van der Waals surface area contributed by atoms with Crippen LogP contribution in [0.5, 0.6) is 0 Å². The first-order chi connectivity index (χ1) is 17.9. The van der Waals surface area contributed by atoms with Gasteiger partial charge < -0.3 is 20.3 Å². The average molecular weight is 520 g/mol. The lowest BCUT2D eigenvalue weighted by Crippen LogP contribution is -2.57. The first kappa shape index (κ1) is 30.4. The van der Waals surface area contributed by atoms with E-state index in [0.717, 1.165) is 5.56 Å². The van der Waals surface area contributed by atoms with Crippen molar-refractivity contribution in [1.29, 1.82) is 0 Å². The zero-order valence-electron chi connectivity index (χ0n) is 23.6. The van der Waals surface area contributed by atoms with Crippen LogP contribution >= 0.6 is 0 Å². The molecule has 0 saturated carbocycles. The fourth-order valence-electron chi connectivity index (χ4n) is 3.99. The highest BCUT2D eigenvalue weighted by Crippen LogP contribution is 2.28. The topological polar surface area (TPSA) is 87.7 Å². The fraction of sp³-hybridized carbons (Fsp3) is 0.452. The summed E-state index contributed by atoms with van der Waals surface area (Å²) in [6.07, 6.45) is 5.46. The Labute approximate surface area is 227 Å². The Bertz CT molecular complexity index is 1110. The van der Waals surface area contributed by atoms with E-state index in [-0.39, 0.29) is 23.8 Å². The zero-order chi connectivity index (χ0) is 28.5. The summed E-state index contributed by atoms with van der Waals surface area (Å²) >= 11 is 0. The van der Waals surface area contributed by atoms with Crippen LogP contribution in [0.25, 0.3) is 0 Å². The van der Waals surface area contributed by atoms with Crippen molar-refractivity contribution in [3.8, 4) is 12.3 Å². The Hall–Kier alpha value is -3.79. The molecule has 0 heterocycles. The van der Waals surface area contributed by atoms with Crippen molar-refractivity contribution in [2.24, 2.45) is 5.92 Å². The fourth-order valence-corrected chi connectivity index (χ4v) is 3.99. The van der Waals surface area contributed by atoms with Crippen LogP contribution in [0, 0.1) is 18.3 Å². The van der Waals surface area contributed by atoms with Crippen LogP contribution in [0.1, 0.15) is 77.6 Å². The maximum Gasteiger partial charge on any atom is 0.408 e. The molecule has 0 aliphatic carbocycles. The van der Waals surface area contributed by atoms with Gasteiger partial charge in [-0.1, -0.05) is 69.2 Å². The van der Waals surface area contributed by atoms with Crippen molar-refractivity contribution in [2.45, 2.75) is 85.2 Å². The highest BCUT2D eigenvalue weighted by Gasteiger charge is 2.39. The molecule has 3 unspecified atom stereocenters. The van der Waals surface area contributed by atoms with Crippen molar-refractivity contribution in [2.75, 3.05) is 0 Å². The molecule has 0 spiro atoms. The van der Waals surface area contributed by atoms with Gasteiger partial charge in [0.1, 0.15) is 17.7 Å². The van der Waals surface area contributed by atoms with Gasteiger partial charge in [-0.25, -0.2) is 4.79 Å². The smallest absolute Gasteiger partial charge is 0.408 e. The van der Waals surface area contributed by atoms with E-state index < -0.39 is 23.8 Å². The summed E-state index contributed by atoms with van der Waals surface area (Å²) in [5.74, 6) is 1.65. The van der Waals surface area contributed by atoms with Crippen LogP contribution < -0.4 is 10.6 Å². The van der Waals surface area contributed by atoms with Crippen LogP contribution in [0.15, 0.2) is 54.6 Å². The molecule has 0 bridgehead atoms. The first-order valence-corrected chi connectivity index (χ1v) is 13.1. The molecule has 0 fully saturated rings. The van der Waals surface area contributed by atoms with E-state index in [1.807, 2.05) is 58.0 Å². The van der Waals surface area contributed by atoms with Gasteiger partial charge in [-0.2, -0.15) is 0 Å². The molecule has 2 aromatic carbocycles. The van der Waals surface area contributed by atoms with Gasteiger partial charge in [0.15, 0.2) is 0 Å². The van der Waals surface area contributed by atoms with E-state index in [2.05, 4.69) is 16.6 Å². The molecule has 7 heteroatoms. The number of terminal acetylenes is 1. The quantitative estimate of drug-likeness (QED) is 0.422. The lowest BCUT2D eigenvalue weighted by Gasteiger charge is -2.39. The number of alkyl carbamates (subject to hydrolysis) is 1. The van der Waals surface area contributed by atoms with Crippen molar-refractivity contribution in [3.63, 3.8) is 0 Å². The third kappa shape index (κ3) is 8.65. The van der Waals surface area contributed by atoms with Gasteiger partial charge in [0.25, 0.3) is 0 Å². The Morgan fingerprint density at radius 2 is 1.61 bits per heavy atom. The number of rotatable bonds is 10. The molecular formula is C31H41N3O4. The SMILES string of the molecule is C#Cc1ccc(C(C(=O)NCc2ccccc2)N(C(=O)C(NC(=O)OC(C)(C)C)C(C)C)C(C)CC)cc1. The molecule has 38 heavy (non-hydrogen) atoms. The summed E-state index contributed by atoms with van der Waals surface area (Å²) in [6.45, 7) is 13.1. The molecule has 2 rings (SSSR count). The minimum absolute atomic E-state index is 0.251. The number of ether oxygens (including phenoxy) is 1. The highest BCUT2D eigenvalue weighted by atomic mass is 16.6. The van der Waals surface area contributed by atoms with Crippen LogP contribution in [0.4, 0.5) is 4.79 Å². The molecule has 0 radical (unpaired) electrons. The highest BCUT2D eigenvalue weighted by molar-refractivity contribution is 5.92. The molecule has 2 N–H and O–H groups in total. The van der Waals surface area contributed by atoms with E-state index >= 15 is 0 Å². The molecule has 2 aromatic rings. The Morgan fingerprint density at radius 1 is 1.00 bits per heavy atom. The summed E-state index contributed by atoms with van der Waals surface area (Å²) in [5.41, 5.74) is 1.52. The van der Waals surface area contributed by atoms with Gasteiger partial charge >= 0.3 is 6.09 Å². The van der Waals surface area contributed by atoms with Crippen molar-refractivity contribution >= 4 is 17.9 Å². The van der Waals surface area contributed by atoms with E-state index in [1.54, 1.807) is 49.9 Å². The number of hydrogen-bond acceptors (Lipinski definition) is 4. The van der Waals surface area contributed by atoms with E-state index in [0.29, 0.717) is 24.1 Å². The van der Waals surface area contributed by atoms with Crippen molar-refractivity contribution in [1.82, 2.24) is 15.5 Å². The van der Waals surface area contributed by atoms with Crippen molar-refractivity contribution < 1.29 is 19.1 Å². The van der Waals surface area contributed by atoms with Crippen molar-refractivity contribution in [3.05, 3.63) is 71.3 Å². The molecule has 0 saturated heterocycles. The van der Waals surface area contributed by atoms with E-state index in [9.17, 15) is 14.4 Å². The second-order valence-electron chi connectivity index (χ2n) is 10.7. The Morgan fingerprint density at radius 3 is 2.11 bits per heavy atom. The third-order valence-corrected chi connectivity index (χ3v) is 6.15. The number of hydrogen-bond donors (Lipinski definition) is 2. The van der Waals surface area contributed by atoms with Gasteiger partial charge in [0, 0.05) is 18.2 Å². The van der Waals surface area contributed by atoms with Gasteiger partial charge in [0.05, 0.1) is 0 Å². The maximum atomic E-state index is 14.1. The predicted molar refractivity (Wildman–Crippen MR) is 150 cm³/mol. The van der Waals surface area contributed by atoms with Crippen LogP contribution in [0.2, 0.25) is 0 Å². The Kier molecular flexibility index (Phi) is 10.9. The number of benzene rings is 2. The van der Waals surface area contributed by atoms with Gasteiger partial charge in [-0.3, -0.25) is 9.59 Å². The second-order valence-corrected chi connectivity index (χ2v) is 10.7. The van der Waals surface area contributed by atoms with E-state index in [1.165, 1.54) is 0 Å². The first-order valence-electron chi connectivity index (χ1n) is 13.1. The largest absolute Gasteiger partial charge is 0.444 e. The Balaban J connectivity index is 2.50. The normalized spacial score (nSPS) is 13.6. The molecule has 204 valence electrons. The standard InChI is InChI=1S/C31H41N3O4/c1-9-22(5)34(29(36)26(21(3)4)33-30(37)38-31(6,7)8)27(25-18-16-23(10-2)17-19-25)28(35)32-20-24-14-12-11-13-15-24/h2,11-19,21-22,26-27H,9,20H2,1,3-8H3,(H,32,35)(H,33,37). The number of carbonyl (C=O) groups is 3. The summed E-state index contributed by atoms with van der Waals surface area (Å²) in [5, 5.41) is 5.74.